The first-order valence-corrected chi connectivity index (χ1v) is 8.97. The fourth-order valence-corrected chi connectivity index (χ4v) is 3.55. The molecule has 0 radical (unpaired) electrons. The molecule has 0 aliphatic carbocycles. The number of hydrogen-bond donors (Lipinski definition) is 2. The summed E-state index contributed by atoms with van der Waals surface area (Å²) < 4.78 is 0. The molecule has 3 aromatic carbocycles. The van der Waals surface area contributed by atoms with Gasteiger partial charge >= 0.3 is 0 Å². The minimum Gasteiger partial charge on any atom is -0.381 e. The summed E-state index contributed by atoms with van der Waals surface area (Å²) >= 11 is 0. The predicted molar refractivity (Wildman–Crippen MR) is 107 cm³/mol. The van der Waals surface area contributed by atoms with Crippen molar-refractivity contribution in [2.75, 3.05) is 10.6 Å². The molecule has 0 fully saturated rings. The summed E-state index contributed by atoms with van der Waals surface area (Å²) in [5.41, 5.74) is 10.4. The number of anilines is 3. The number of hydrogen-bond acceptors (Lipinski definition) is 2. The lowest BCUT2D eigenvalue weighted by Gasteiger charge is -2.13. The quantitative estimate of drug-likeness (QED) is 0.639. The fraction of sp³-hybridized carbons (Fsp3) is 0.217. The van der Waals surface area contributed by atoms with Crippen molar-refractivity contribution in [3.8, 4) is 0 Å². The Kier molecular flexibility index (Phi) is 4.19. The van der Waals surface area contributed by atoms with E-state index in [9.17, 15) is 0 Å². The van der Waals surface area contributed by atoms with E-state index in [1.165, 1.54) is 44.9 Å². The van der Waals surface area contributed by atoms with Gasteiger partial charge in [0.2, 0.25) is 0 Å². The molecule has 3 aromatic rings. The normalized spacial score (nSPS) is 12.6. The zero-order chi connectivity index (χ0) is 17.2. The van der Waals surface area contributed by atoms with Crippen LogP contribution >= 0.6 is 0 Å². The number of benzene rings is 3. The summed E-state index contributed by atoms with van der Waals surface area (Å²) in [7, 11) is 0. The second-order valence-corrected chi connectivity index (χ2v) is 6.94. The highest BCUT2D eigenvalue weighted by Gasteiger charge is 2.12. The van der Waals surface area contributed by atoms with Crippen molar-refractivity contribution in [3.05, 3.63) is 88.5 Å². The Balaban J connectivity index is 1.52. The van der Waals surface area contributed by atoms with E-state index in [4.69, 9.17) is 0 Å². The third-order valence-electron chi connectivity index (χ3n) is 5.04. The van der Waals surface area contributed by atoms with Gasteiger partial charge in [0.05, 0.1) is 0 Å². The summed E-state index contributed by atoms with van der Waals surface area (Å²) in [5, 5.41) is 7.18. The Morgan fingerprint density at radius 2 is 1.64 bits per heavy atom. The first-order valence-electron chi connectivity index (χ1n) is 8.97. The van der Waals surface area contributed by atoms with Gasteiger partial charge in [-0.25, -0.2) is 0 Å². The predicted octanol–water partition coefficient (Wildman–Crippen LogP) is 5.76. The fourth-order valence-electron chi connectivity index (χ4n) is 3.55. The van der Waals surface area contributed by atoms with Crippen molar-refractivity contribution < 1.29 is 0 Å². The van der Waals surface area contributed by atoms with Crippen molar-refractivity contribution in [3.63, 3.8) is 0 Å². The molecule has 0 unspecified atom stereocenters. The molecule has 2 heteroatoms. The van der Waals surface area contributed by atoms with Crippen LogP contribution < -0.4 is 10.6 Å². The lowest BCUT2D eigenvalue weighted by Crippen LogP contribution is -2.03. The van der Waals surface area contributed by atoms with Crippen LogP contribution in [0.4, 0.5) is 17.1 Å². The molecule has 0 spiro atoms. The highest BCUT2D eigenvalue weighted by Crippen LogP contribution is 2.31. The van der Waals surface area contributed by atoms with Gasteiger partial charge in [0.1, 0.15) is 0 Å². The molecule has 1 aliphatic rings. The van der Waals surface area contributed by atoms with Crippen LogP contribution in [0.3, 0.4) is 0 Å². The molecule has 0 atom stereocenters. The van der Waals surface area contributed by atoms with Crippen molar-refractivity contribution in [1.82, 2.24) is 0 Å². The van der Waals surface area contributed by atoms with Crippen LogP contribution in [0.1, 0.15) is 27.8 Å². The van der Waals surface area contributed by atoms with Crippen molar-refractivity contribution >= 4 is 17.1 Å². The Morgan fingerprint density at radius 1 is 0.840 bits per heavy atom. The van der Waals surface area contributed by atoms with Crippen LogP contribution in [0.15, 0.2) is 60.7 Å². The molecular weight excluding hydrogens is 304 g/mol. The first-order chi connectivity index (χ1) is 12.2. The van der Waals surface area contributed by atoms with E-state index >= 15 is 0 Å². The largest absolute Gasteiger partial charge is 0.381 e. The van der Waals surface area contributed by atoms with Crippen LogP contribution in [0.25, 0.3) is 0 Å². The molecule has 4 rings (SSSR count). The van der Waals surface area contributed by atoms with Gasteiger partial charge in [0.25, 0.3) is 0 Å². The Bertz CT molecular complexity index is 912. The average Bonchev–Trinajstić information content (AvgIpc) is 2.80. The molecule has 0 aromatic heterocycles. The molecular formula is C23H24N2. The monoisotopic (exact) mass is 328 g/mol. The number of aryl methyl sites for hydroxylation is 4. The van der Waals surface area contributed by atoms with Crippen LogP contribution in [0, 0.1) is 13.8 Å². The maximum atomic E-state index is 3.59. The minimum atomic E-state index is 0.860. The first kappa shape index (κ1) is 15.8. The maximum Gasteiger partial charge on any atom is 0.0418 e. The topological polar surface area (TPSA) is 24.1 Å². The van der Waals surface area contributed by atoms with E-state index in [1.54, 1.807) is 0 Å². The van der Waals surface area contributed by atoms with Crippen LogP contribution in [-0.4, -0.2) is 0 Å². The second kappa shape index (κ2) is 6.64. The van der Waals surface area contributed by atoms with Crippen LogP contribution in [-0.2, 0) is 19.4 Å². The minimum absolute atomic E-state index is 0.860. The third kappa shape index (κ3) is 3.39. The lowest BCUT2D eigenvalue weighted by atomic mass is 10.0. The summed E-state index contributed by atoms with van der Waals surface area (Å²) in [6, 6.07) is 21.9. The van der Waals surface area contributed by atoms with Gasteiger partial charge in [0.15, 0.2) is 0 Å². The third-order valence-corrected chi connectivity index (χ3v) is 5.04. The number of rotatable bonds is 3. The lowest BCUT2D eigenvalue weighted by molar-refractivity contribution is 0.976. The smallest absolute Gasteiger partial charge is 0.0418 e. The summed E-state index contributed by atoms with van der Waals surface area (Å²) in [6.07, 6.45) is 2.15. The van der Waals surface area contributed by atoms with E-state index in [0.717, 1.165) is 19.4 Å². The Morgan fingerprint density at radius 3 is 2.52 bits per heavy atom. The van der Waals surface area contributed by atoms with Gasteiger partial charge in [0, 0.05) is 23.6 Å². The SMILES string of the molecule is Cc1ccc(CNc2ccc3c(c2)CCc2ccccc2N3)c(C)c1. The highest BCUT2D eigenvalue weighted by molar-refractivity contribution is 5.70. The van der Waals surface area contributed by atoms with Crippen molar-refractivity contribution in [2.45, 2.75) is 33.2 Å². The van der Waals surface area contributed by atoms with Gasteiger partial charge < -0.3 is 10.6 Å². The highest BCUT2D eigenvalue weighted by atomic mass is 14.9. The Hall–Kier alpha value is -2.74. The summed E-state index contributed by atoms with van der Waals surface area (Å²) in [4.78, 5) is 0. The molecule has 1 aliphatic heterocycles. The second-order valence-electron chi connectivity index (χ2n) is 6.94. The zero-order valence-electron chi connectivity index (χ0n) is 14.9. The molecule has 25 heavy (non-hydrogen) atoms. The van der Waals surface area contributed by atoms with Gasteiger partial charge in [-0.15, -0.1) is 0 Å². The molecule has 0 saturated carbocycles. The molecule has 126 valence electrons. The average molecular weight is 328 g/mol. The maximum absolute atomic E-state index is 3.59. The molecule has 1 heterocycles. The van der Waals surface area contributed by atoms with Gasteiger partial charge in [-0.05, 0) is 73.2 Å². The zero-order valence-corrected chi connectivity index (χ0v) is 14.9. The van der Waals surface area contributed by atoms with E-state index in [1.807, 2.05) is 0 Å². The standard InChI is InChI=1S/C23H24N2/c1-16-7-8-20(17(2)13-16)15-24-21-11-12-23-19(14-21)10-9-18-5-3-4-6-22(18)25-23/h3-8,11-14,24-25H,9-10,15H2,1-2H3. The molecule has 0 saturated heterocycles. The van der Waals surface area contributed by atoms with E-state index in [2.05, 4.69) is 85.1 Å². The van der Waals surface area contributed by atoms with E-state index in [-0.39, 0.29) is 0 Å². The van der Waals surface area contributed by atoms with Crippen molar-refractivity contribution in [1.29, 1.82) is 0 Å². The molecule has 2 N–H and O–H groups in total. The van der Waals surface area contributed by atoms with E-state index < -0.39 is 0 Å². The molecule has 2 nitrogen and oxygen atoms in total. The van der Waals surface area contributed by atoms with Crippen LogP contribution in [0.2, 0.25) is 0 Å². The van der Waals surface area contributed by atoms with Gasteiger partial charge in [-0.2, -0.15) is 0 Å². The van der Waals surface area contributed by atoms with Gasteiger partial charge in [-0.1, -0.05) is 42.0 Å². The van der Waals surface area contributed by atoms with Crippen LogP contribution in [0.5, 0.6) is 0 Å². The molecule has 0 amide bonds. The summed E-state index contributed by atoms with van der Waals surface area (Å²) in [5.74, 6) is 0. The van der Waals surface area contributed by atoms with Gasteiger partial charge in [-0.3, -0.25) is 0 Å². The number of nitrogens with one attached hydrogen (secondary N) is 2. The van der Waals surface area contributed by atoms with E-state index in [0.29, 0.717) is 0 Å². The summed E-state index contributed by atoms with van der Waals surface area (Å²) in [6.45, 7) is 5.18. The molecule has 0 bridgehead atoms. The number of para-hydroxylation sites is 1. The number of fused-ring (bicyclic) bond motifs is 2. The van der Waals surface area contributed by atoms with Crippen molar-refractivity contribution in [2.24, 2.45) is 0 Å². The Labute approximate surface area is 149 Å².